The fraction of sp³-hybridized carbons (Fsp3) is 0.429. The number of nitrogen functional groups attached to an aromatic ring is 1. The first kappa shape index (κ1) is 14.2. The highest BCUT2D eigenvalue weighted by Gasteiger charge is 2.15. The molecule has 0 radical (unpaired) electrons. The predicted molar refractivity (Wildman–Crippen MR) is 79.7 cm³/mol. The number of nitrogens with one attached hydrogen (secondary N) is 1. The van der Waals surface area contributed by atoms with Crippen molar-refractivity contribution in [2.24, 2.45) is 0 Å². The zero-order valence-electron chi connectivity index (χ0n) is 12.1. The topological polar surface area (TPSA) is 77.9 Å². The van der Waals surface area contributed by atoms with Crippen LogP contribution in [-0.2, 0) is 6.54 Å². The van der Waals surface area contributed by atoms with E-state index in [0.717, 1.165) is 13.0 Å². The molecule has 0 aliphatic carbocycles. The monoisotopic (exact) mass is 275 g/mol. The van der Waals surface area contributed by atoms with Gasteiger partial charge in [-0.05, 0) is 26.3 Å². The van der Waals surface area contributed by atoms with E-state index >= 15 is 0 Å². The number of aromatic nitrogens is 3. The largest absolute Gasteiger partial charge is 0.397 e. The molecule has 0 saturated carbocycles. The van der Waals surface area contributed by atoms with Gasteiger partial charge in [0.15, 0.2) is 0 Å². The summed E-state index contributed by atoms with van der Waals surface area (Å²) in [6, 6.07) is 3.67. The van der Waals surface area contributed by atoms with Crippen molar-refractivity contribution in [3.8, 4) is 0 Å². The highest BCUT2D eigenvalue weighted by atomic mass is 16.2. The third-order valence-corrected chi connectivity index (χ3v) is 3.02. The highest BCUT2D eigenvalue weighted by Crippen LogP contribution is 2.16. The van der Waals surface area contributed by atoms with Crippen LogP contribution in [0.25, 0.3) is 0 Å². The van der Waals surface area contributed by atoms with Crippen LogP contribution in [0.5, 0.6) is 0 Å². The number of aryl methyl sites for hydroxylation is 1. The molecule has 0 bridgehead atoms. The van der Waals surface area contributed by atoms with Crippen molar-refractivity contribution < 1.29 is 4.79 Å². The molecule has 20 heavy (non-hydrogen) atoms. The zero-order valence-corrected chi connectivity index (χ0v) is 12.1. The molecule has 1 amide bonds. The van der Waals surface area contributed by atoms with E-state index in [1.54, 1.807) is 29.2 Å². The second-order valence-corrected chi connectivity index (χ2v) is 5.06. The van der Waals surface area contributed by atoms with Crippen LogP contribution in [-0.4, -0.2) is 20.3 Å². The van der Waals surface area contributed by atoms with E-state index < -0.39 is 0 Å². The Hall–Kier alpha value is -2.24. The summed E-state index contributed by atoms with van der Waals surface area (Å²) in [6.07, 6.45) is 4.41. The van der Waals surface area contributed by atoms with Crippen LogP contribution in [0.15, 0.2) is 24.5 Å². The van der Waals surface area contributed by atoms with Crippen LogP contribution >= 0.6 is 0 Å². The van der Waals surface area contributed by atoms with Crippen LogP contribution in [0.3, 0.4) is 0 Å². The summed E-state index contributed by atoms with van der Waals surface area (Å²) < 4.78 is 3.65. The quantitative estimate of drug-likeness (QED) is 0.880. The van der Waals surface area contributed by atoms with Crippen LogP contribution in [0, 0.1) is 0 Å². The Bertz CT molecular complexity index is 596. The van der Waals surface area contributed by atoms with Gasteiger partial charge in [-0.3, -0.25) is 4.79 Å². The van der Waals surface area contributed by atoms with Crippen molar-refractivity contribution in [3.63, 3.8) is 0 Å². The third kappa shape index (κ3) is 2.84. The molecule has 3 N–H and O–H groups in total. The van der Waals surface area contributed by atoms with Gasteiger partial charge in [-0.15, -0.1) is 0 Å². The summed E-state index contributed by atoms with van der Waals surface area (Å²) in [5, 5.41) is 7.08. The Labute approximate surface area is 118 Å². The van der Waals surface area contributed by atoms with Crippen molar-refractivity contribution in [1.82, 2.24) is 14.3 Å². The second-order valence-electron chi connectivity index (χ2n) is 5.06. The molecule has 108 valence electrons. The van der Waals surface area contributed by atoms with Gasteiger partial charge in [0.1, 0.15) is 11.5 Å². The first-order valence-corrected chi connectivity index (χ1v) is 6.83. The highest BCUT2D eigenvalue weighted by molar-refractivity contribution is 6.03. The van der Waals surface area contributed by atoms with E-state index in [9.17, 15) is 4.79 Å². The maximum atomic E-state index is 12.4. The van der Waals surface area contributed by atoms with E-state index in [4.69, 9.17) is 5.73 Å². The molecule has 0 saturated heterocycles. The minimum Gasteiger partial charge on any atom is -0.397 e. The summed E-state index contributed by atoms with van der Waals surface area (Å²) in [4.78, 5) is 12.4. The number of anilines is 2. The molecular formula is C14H21N5O. The van der Waals surface area contributed by atoms with E-state index in [2.05, 4.69) is 17.3 Å². The molecule has 2 heterocycles. The van der Waals surface area contributed by atoms with Crippen molar-refractivity contribution >= 4 is 17.4 Å². The van der Waals surface area contributed by atoms with Crippen molar-refractivity contribution in [2.75, 3.05) is 11.1 Å². The van der Waals surface area contributed by atoms with Gasteiger partial charge in [0.25, 0.3) is 5.91 Å². The lowest BCUT2D eigenvalue weighted by atomic mass is 10.3. The Kier molecular flexibility index (Phi) is 4.12. The third-order valence-electron chi connectivity index (χ3n) is 3.02. The Morgan fingerprint density at radius 1 is 1.50 bits per heavy atom. The van der Waals surface area contributed by atoms with Gasteiger partial charge < -0.3 is 15.6 Å². The van der Waals surface area contributed by atoms with Crippen molar-refractivity contribution in [2.45, 2.75) is 39.8 Å². The van der Waals surface area contributed by atoms with Gasteiger partial charge in [-0.25, -0.2) is 4.68 Å². The van der Waals surface area contributed by atoms with Crippen LogP contribution < -0.4 is 11.1 Å². The molecule has 0 unspecified atom stereocenters. The molecule has 0 aliphatic rings. The van der Waals surface area contributed by atoms with Crippen LogP contribution in [0.1, 0.15) is 43.7 Å². The molecule has 2 aromatic rings. The molecule has 6 nitrogen and oxygen atoms in total. The maximum Gasteiger partial charge on any atom is 0.273 e. The summed E-state index contributed by atoms with van der Waals surface area (Å²) in [6.45, 7) is 6.86. The Morgan fingerprint density at radius 3 is 2.90 bits per heavy atom. The van der Waals surface area contributed by atoms with Crippen molar-refractivity contribution in [1.29, 1.82) is 0 Å². The lowest BCUT2D eigenvalue weighted by Crippen LogP contribution is -2.19. The molecule has 0 atom stereocenters. The Morgan fingerprint density at radius 2 is 2.25 bits per heavy atom. The van der Waals surface area contributed by atoms with Gasteiger partial charge in [0.2, 0.25) is 0 Å². The first-order valence-electron chi connectivity index (χ1n) is 6.83. The van der Waals surface area contributed by atoms with E-state index in [0.29, 0.717) is 17.2 Å². The number of carbonyl (C=O) groups is 1. The lowest BCUT2D eigenvalue weighted by Gasteiger charge is -2.12. The molecular weight excluding hydrogens is 254 g/mol. The maximum absolute atomic E-state index is 12.4. The fourth-order valence-electron chi connectivity index (χ4n) is 2.15. The number of amides is 1. The second kappa shape index (κ2) is 5.81. The number of carbonyl (C=O) groups excluding carboxylic acids is 1. The number of rotatable bonds is 5. The molecule has 0 aromatic carbocycles. The number of hydrogen-bond donors (Lipinski definition) is 2. The van der Waals surface area contributed by atoms with Crippen molar-refractivity contribution in [3.05, 3.63) is 30.2 Å². The molecule has 6 heteroatoms. The van der Waals surface area contributed by atoms with E-state index in [1.807, 2.05) is 18.4 Å². The van der Waals surface area contributed by atoms with E-state index in [-0.39, 0.29) is 11.9 Å². The van der Waals surface area contributed by atoms with E-state index in [1.165, 1.54) is 0 Å². The average molecular weight is 275 g/mol. The summed E-state index contributed by atoms with van der Waals surface area (Å²) >= 11 is 0. The van der Waals surface area contributed by atoms with Gasteiger partial charge in [0.05, 0.1) is 11.9 Å². The summed E-state index contributed by atoms with van der Waals surface area (Å²) in [7, 11) is 0. The molecule has 0 fully saturated rings. The molecule has 2 aromatic heterocycles. The lowest BCUT2D eigenvalue weighted by molar-refractivity contribution is 0.101. The van der Waals surface area contributed by atoms with Gasteiger partial charge in [-0.1, -0.05) is 6.92 Å². The van der Waals surface area contributed by atoms with Crippen LogP contribution in [0.4, 0.5) is 11.5 Å². The summed E-state index contributed by atoms with van der Waals surface area (Å²) in [5.41, 5.74) is 6.95. The smallest absolute Gasteiger partial charge is 0.273 e. The first-order chi connectivity index (χ1) is 9.52. The predicted octanol–water partition coefficient (Wildman–Crippen LogP) is 2.51. The number of hydrogen-bond acceptors (Lipinski definition) is 3. The molecule has 2 rings (SSSR count). The zero-order chi connectivity index (χ0) is 14.7. The number of nitrogens with zero attached hydrogens (tertiary/aromatic N) is 3. The van der Waals surface area contributed by atoms with Gasteiger partial charge >= 0.3 is 0 Å². The molecule has 0 aliphatic heterocycles. The molecule has 0 spiro atoms. The normalized spacial score (nSPS) is 11.0. The number of nitrogens with two attached hydrogens (primary N) is 1. The standard InChI is InChI=1S/C14H21N5O/c1-4-7-18-9-11(15)8-12(18)14(20)17-13-5-6-16-19(13)10(2)3/h5-6,8-10H,4,7,15H2,1-3H3,(H,17,20). The SMILES string of the molecule is CCCn1cc(N)cc1C(=O)Nc1ccnn1C(C)C. The fourth-order valence-corrected chi connectivity index (χ4v) is 2.15. The van der Waals surface area contributed by atoms with Gasteiger partial charge in [-0.2, -0.15) is 5.10 Å². The Balaban J connectivity index is 2.22. The minimum atomic E-state index is -0.169. The summed E-state index contributed by atoms with van der Waals surface area (Å²) in [5.74, 6) is 0.519. The minimum absolute atomic E-state index is 0.169. The van der Waals surface area contributed by atoms with Crippen LogP contribution in [0.2, 0.25) is 0 Å². The van der Waals surface area contributed by atoms with Gasteiger partial charge in [0, 0.05) is 24.8 Å². The average Bonchev–Trinajstić information content (AvgIpc) is 2.96.